The standard InChI is InChI=1S/C7H16N2/c1-4-6-9(5-2)7-8-3/h5,8H,2,4,6-7H2,1,3H3. The largest absolute Gasteiger partial charge is 0.365 e. The third kappa shape index (κ3) is 4.03. The van der Waals surface area contributed by atoms with Crippen molar-refractivity contribution in [2.24, 2.45) is 0 Å². The van der Waals surface area contributed by atoms with Crippen molar-refractivity contribution in [3.05, 3.63) is 12.8 Å². The maximum Gasteiger partial charge on any atom is 0.0673 e. The fourth-order valence-electron chi connectivity index (χ4n) is 0.725. The van der Waals surface area contributed by atoms with Gasteiger partial charge in [0.2, 0.25) is 0 Å². The lowest BCUT2D eigenvalue weighted by atomic mass is 10.4. The Labute approximate surface area is 57.5 Å². The van der Waals surface area contributed by atoms with Gasteiger partial charge in [0, 0.05) is 6.54 Å². The smallest absolute Gasteiger partial charge is 0.0673 e. The van der Waals surface area contributed by atoms with Gasteiger partial charge in [0.25, 0.3) is 0 Å². The Kier molecular flexibility index (Phi) is 5.32. The molecule has 0 saturated carbocycles. The molecule has 0 unspecified atom stereocenters. The van der Waals surface area contributed by atoms with E-state index >= 15 is 0 Å². The Balaban J connectivity index is 3.29. The van der Waals surface area contributed by atoms with Crippen LogP contribution in [0.1, 0.15) is 13.3 Å². The van der Waals surface area contributed by atoms with Crippen molar-refractivity contribution in [1.29, 1.82) is 0 Å². The summed E-state index contributed by atoms with van der Waals surface area (Å²) in [7, 11) is 1.94. The van der Waals surface area contributed by atoms with Crippen molar-refractivity contribution >= 4 is 0 Å². The highest BCUT2D eigenvalue weighted by Gasteiger charge is 1.90. The number of rotatable bonds is 5. The number of nitrogens with zero attached hydrogens (tertiary/aromatic N) is 1. The van der Waals surface area contributed by atoms with Gasteiger partial charge in [-0.05, 0) is 19.7 Å². The minimum absolute atomic E-state index is 0.900. The zero-order valence-electron chi connectivity index (χ0n) is 6.35. The van der Waals surface area contributed by atoms with E-state index < -0.39 is 0 Å². The molecule has 0 aromatic heterocycles. The van der Waals surface area contributed by atoms with Crippen LogP contribution in [0.2, 0.25) is 0 Å². The molecule has 0 spiro atoms. The normalized spacial score (nSPS) is 9.11. The van der Waals surface area contributed by atoms with Crippen LogP contribution in [0.5, 0.6) is 0 Å². The highest BCUT2D eigenvalue weighted by molar-refractivity contribution is 4.68. The first-order chi connectivity index (χ1) is 4.35. The van der Waals surface area contributed by atoms with Gasteiger partial charge in [-0.25, -0.2) is 0 Å². The highest BCUT2D eigenvalue weighted by atomic mass is 15.2. The molecule has 0 aliphatic carbocycles. The summed E-state index contributed by atoms with van der Waals surface area (Å²) >= 11 is 0. The van der Waals surface area contributed by atoms with E-state index in [0.717, 1.165) is 13.2 Å². The molecule has 0 fully saturated rings. The Morgan fingerprint density at radius 2 is 2.33 bits per heavy atom. The topological polar surface area (TPSA) is 15.3 Å². The Bertz CT molecular complexity index is 65.3. The quantitative estimate of drug-likeness (QED) is 0.556. The average Bonchev–Trinajstić information content (AvgIpc) is 1.88. The van der Waals surface area contributed by atoms with E-state index in [4.69, 9.17) is 0 Å². The van der Waals surface area contributed by atoms with Gasteiger partial charge < -0.3 is 10.2 Å². The second-order valence-electron chi connectivity index (χ2n) is 2.01. The minimum Gasteiger partial charge on any atom is -0.365 e. The van der Waals surface area contributed by atoms with E-state index in [-0.39, 0.29) is 0 Å². The summed E-state index contributed by atoms with van der Waals surface area (Å²) in [6.45, 7) is 7.83. The molecule has 9 heavy (non-hydrogen) atoms. The predicted octanol–water partition coefficient (Wildman–Crippen LogP) is 1.02. The predicted molar refractivity (Wildman–Crippen MR) is 41.1 cm³/mol. The molecule has 0 aliphatic rings. The van der Waals surface area contributed by atoms with Gasteiger partial charge in [-0.1, -0.05) is 13.5 Å². The molecule has 0 saturated heterocycles. The number of hydrogen-bond donors (Lipinski definition) is 1. The third-order valence-corrected chi connectivity index (χ3v) is 1.13. The van der Waals surface area contributed by atoms with Crippen LogP contribution >= 0.6 is 0 Å². The lowest BCUT2D eigenvalue weighted by Crippen LogP contribution is -2.27. The average molecular weight is 128 g/mol. The molecule has 0 aromatic rings. The zero-order valence-corrected chi connectivity index (χ0v) is 6.35. The van der Waals surface area contributed by atoms with Gasteiger partial charge in [0.15, 0.2) is 0 Å². The van der Waals surface area contributed by atoms with E-state index in [9.17, 15) is 0 Å². The summed E-state index contributed by atoms with van der Waals surface area (Å²) in [6, 6.07) is 0. The number of nitrogens with one attached hydrogen (secondary N) is 1. The van der Waals surface area contributed by atoms with Crippen LogP contribution in [-0.2, 0) is 0 Å². The van der Waals surface area contributed by atoms with Crippen LogP contribution in [0, 0.1) is 0 Å². The van der Waals surface area contributed by atoms with E-state index in [1.807, 2.05) is 13.2 Å². The molecule has 2 nitrogen and oxygen atoms in total. The van der Waals surface area contributed by atoms with Gasteiger partial charge in [-0.2, -0.15) is 0 Å². The first-order valence-electron chi connectivity index (χ1n) is 3.36. The Morgan fingerprint density at radius 1 is 1.67 bits per heavy atom. The van der Waals surface area contributed by atoms with Crippen LogP contribution in [-0.4, -0.2) is 25.2 Å². The second kappa shape index (κ2) is 5.63. The van der Waals surface area contributed by atoms with Gasteiger partial charge in [-0.3, -0.25) is 0 Å². The van der Waals surface area contributed by atoms with Crippen molar-refractivity contribution in [3.63, 3.8) is 0 Å². The molecule has 1 N–H and O–H groups in total. The lowest BCUT2D eigenvalue weighted by Gasteiger charge is -2.17. The summed E-state index contributed by atoms with van der Waals surface area (Å²) in [4.78, 5) is 2.14. The molecule has 54 valence electrons. The first-order valence-corrected chi connectivity index (χ1v) is 3.36. The van der Waals surface area contributed by atoms with Crippen LogP contribution in [0.4, 0.5) is 0 Å². The summed E-state index contributed by atoms with van der Waals surface area (Å²) in [5, 5.41) is 3.06. The van der Waals surface area contributed by atoms with Crippen LogP contribution in [0.3, 0.4) is 0 Å². The lowest BCUT2D eigenvalue weighted by molar-refractivity contribution is 0.357. The van der Waals surface area contributed by atoms with E-state index in [2.05, 4.69) is 23.7 Å². The molecular formula is C7H16N2. The van der Waals surface area contributed by atoms with Gasteiger partial charge in [-0.15, -0.1) is 0 Å². The molecule has 0 radical (unpaired) electrons. The minimum atomic E-state index is 0.900. The second-order valence-corrected chi connectivity index (χ2v) is 2.01. The van der Waals surface area contributed by atoms with Crippen LogP contribution in [0.25, 0.3) is 0 Å². The van der Waals surface area contributed by atoms with Gasteiger partial charge in [0.1, 0.15) is 0 Å². The fourth-order valence-corrected chi connectivity index (χ4v) is 0.725. The molecule has 2 heteroatoms. The zero-order chi connectivity index (χ0) is 7.11. The fraction of sp³-hybridized carbons (Fsp3) is 0.714. The van der Waals surface area contributed by atoms with Crippen LogP contribution < -0.4 is 5.32 Å². The third-order valence-electron chi connectivity index (χ3n) is 1.13. The molecule has 0 heterocycles. The van der Waals surface area contributed by atoms with Crippen molar-refractivity contribution < 1.29 is 0 Å². The first kappa shape index (κ1) is 8.50. The van der Waals surface area contributed by atoms with E-state index in [0.29, 0.717) is 0 Å². The number of hydrogen-bond acceptors (Lipinski definition) is 2. The maximum absolute atomic E-state index is 3.68. The molecule has 0 atom stereocenters. The molecule has 0 bridgehead atoms. The Morgan fingerprint density at radius 3 is 2.67 bits per heavy atom. The van der Waals surface area contributed by atoms with Gasteiger partial charge >= 0.3 is 0 Å². The molecule has 0 rings (SSSR count). The summed E-state index contributed by atoms with van der Waals surface area (Å²) < 4.78 is 0. The Hall–Kier alpha value is -0.500. The molecule has 0 amide bonds. The van der Waals surface area contributed by atoms with Crippen molar-refractivity contribution in [2.45, 2.75) is 13.3 Å². The maximum atomic E-state index is 3.68. The summed E-state index contributed by atoms with van der Waals surface area (Å²) in [5.41, 5.74) is 0. The van der Waals surface area contributed by atoms with Crippen LogP contribution in [0.15, 0.2) is 12.8 Å². The summed E-state index contributed by atoms with van der Waals surface area (Å²) in [5.74, 6) is 0. The monoisotopic (exact) mass is 128 g/mol. The molecular weight excluding hydrogens is 112 g/mol. The summed E-state index contributed by atoms with van der Waals surface area (Å²) in [6.07, 6.45) is 3.04. The van der Waals surface area contributed by atoms with Crippen molar-refractivity contribution in [1.82, 2.24) is 10.2 Å². The molecule has 0 aliphatic heterocycles. The van der Waals surface area contributed by atoms with E-state index in [1.54, 1.807) is 0 Å². The van der Waals surface area contributed by atoms with Crippen molar-refractivity contribution in [2.75, 3.05) is 20.3 Å². The van der Waals surface area contributed by atoms with Crippen molar-refractivity contribution in [3.8, 4) is 0 Å². The highest BCUT2D eigenvalue weighted by Crippen LogP contribution is 1.87. The molecule has 0 aromatic carbocycles. The van der Waals surface area contributed by atoms with Gasteiger partial charge in [0.05, 0.1) is 6.67 Å². The SMILES string of the molecule is C=CN(CCC)CNC. The van der Waals surface area contributed by atoms with E-state index in [1.165, 1.54) is 6.42 Å².